The van der Waals surface area contributed by atoms with Gasteiger partial charge in [0.1, 0.15) is 11.6 Å². The molecular formula is C23H27FN2O6S. The quantitative estimate of drug-likeness (QED) is 0.554. The number of methoxy groups -OCH3 is 1. The van der Waals surface area contributed by atoms with Crippen molar-refractivity contribution in [2.24, 2.45) is 5.92 Å². The van der Waals surface area contributed by atoms with Gasteiger partial charge in [-0.2, -0.15) is 4.31 Å². The number of carbonyl (C=O) groups excluding carboxylic acids is 2. The van der Waals surface area contributed by atoms with Gasteiger partial charge < -0.3 is 14.8 Å². The smallest absolute Gasteiger partial charge is 0.309 e. The van der Waals surface area contributed by atoms with Crippen molar-refractivity contribution < 1.29 is 31.9 Å². The summed E-state index contributed by atoms with van der Waals surface area (Å²) in [5.41, 5.74) is 1.04. The second kappa shape index (κ2) is 11.2. The molecule has 1 heterocycles. The number of amides is 1. The Labute approximate surface area is 192 Å². The lowest BCUT2D eigenvalue weighted by Crippen LogP contribution is -2.41. The second-order valence-corrected chi connectivity index (χ2v) is 9.63. The molecule has 1 aliphatic heterocycles. The fourth-order valence-electron chi connectivity index (χ4n) is 3.53. The van der Waals surface area contributed by atoms with E-state index in [9.17, 15) is 22.4 Å². The molecule has 0 radical (unpaired) electrons. The van der Waals surface area contributed by atoms with Crippen molar-refractivity contribution in [3.63, 3.8) is 0 Å². The van der Waals surface area contributed by atoms with E-state index in [0.29, 0.717) is 25.8 Å². The molecule has 0 spiro atoms. The minimum Gasteiger partial charge on any atom is -0.497 e. The van der Waals surface area contributed by atoms with Crippen molar-refractivity contribution in [2.75, 3.05) is 33.4 Å². The third-order valence-corrected chi connectivity index (χ3v) is 7.39. The predicted molar refractivity (Wildman–Crippen MR) is 119 cm³/mol. The van der Waals surface area contributed by atoms with Gasteiger partial charge in [0.2, 0.25) is 10.0 Å². The monoisotopic (exact) mass is 478 g/mol. The van der Waals surface area contributed by atoms with Crippen LogP contribution in [0.5, 0.6) is 5.75 Å². The van der Waals surface area contributed by atoms with Gasteiger partial charge >= 0.3 is 5.97 Å². The van der Waals surface area contributed by atoms with E-state index in [1.54, 1.807) is 7.11 Å². The summed E-state index contributed by atoms with van der Waals surface area (Å²) in [4.78, 5) is 24.3. The van der Waals surface area contributed by atoms with Crippen LogP contribution in [0.25, 0.3) is 0 Å². The lowest BCUT2D eigenvalue weighted by molar-refractivity contribution is -0.153. The highest BCUT2D eigenvalue weighted by Gasteiger charge is 2.33. The lowest BCUT2D eigenvalue weighted by Gasteiger charge is -2.30. The van der Waals surface area contributed by atoms with Gasteiger partial charge in [0, 0.05) is 19.6 Å². The average Bonchev–Trinajstić information content (AvgIpc) is 2.83. The Kier molecular flexibility index (Phi) is 8.40. The SMILES string of the molecule is COc1ccc(CCNC(=O)COC(=O)C2CCN(S(=O)(=O)c3ccc(F)cc3)CC2)cc1. The molecule has 0 saturated carbocycles. The number of hydrogen-bond donors (Lipinski definition) is 1. The first-order valence-corrected chi connectivity index (χ1v) is 12.1. The zero-order valence-corrected chi connectivity index (χ0v) is 19.1. The summed E-state index contributed by atoms with van der Waals surface area (Å²) in [6, 6.07) is 12.1. The number of piperidine rings is 1. The maximum Gasteiger partial charge on any atom is 0.309 e. The molecule has 1 N–H and O–H groups in total. The predicted octanol–water partition coefficient (Wildman–Crippen LogP) is 2.14. The van der Waals surface area contributed by atoms with Crippen LogP contribution < -0.4 is 10.1 Å². The van der Waals surface area contributed by atoms with E-state index in [0.717, 1.165) is 23.4 Å². The summed E-state index contributed by atoms with van der Waals surface area (Å²) in [7, 11) is -2.15. The minimum absolute atomic E-state index is 0.0104. The number of carbonyl (C=O) groups is 2. The highest BCUT2D eigenvalue weighted by atomic mass is 32.2. The number of ether oxygens (including phenoxy) is 2. The maximum absolute atomic E-state index is 13.1. The Balaban J connectivity index is 1.38. The zero-order valence-electron chi connectivity index (χ0n) is 18.3. The molecular weight excluding hydrogens is 451 g/mol. The molecule has 0 aliphatic carbocycles. The van der Waals surface area contributed by atoms with Gasteiger partial charge in [-0.25, -0.2) is 12.8 Å². The van der Waals surface area contributed by atoms with Crippen LogP contribution in [0.4, 0.5) is 4.39 Å². The first kappa shape index (κ1) is 24.7. The molecule has 0 aromatic heterocycles. The number of sulfonamides is 1. The van der Waals surface area contributed by atoms with E-state index in [4.69, 9.17) is 9.47 Å². The van der Waals surface area contributed by atoms with Gasteiger partial charge in [0.15, 0.2) is 6.61 Å². The first-order valence-electron chi connectivity index (χ1n) is 10.6. The third-order valence-electron chi connectivity index (χ3n) is 5.48. The maximum atomic E-state index is 13.1. The number of rotatable bonds is 9. The molecule has 3 rings (SSSR count). The van der Waals surface area contributed by atoms with E-state index >= 15 is 0 Å². The molecule has 0 atom stereocenters. The van der Waals surface area contributed by atoms with Crippen molar-refractivity contribution in [3.8, 4) is 5.75 Å². The molecule has 2 aromatic rings. The molecule has 0 unspecified atom stereocenters. The molecule has 1 fully saturated rings. The zero-order chi connectivity index (χ0) is 23.8. The Hall–Kier alpha value is -2.98. The van der Waals surface area contributed by atoms with Crippen molar-refractivity contribution in [1.82, 2.24) is 9.62 Å². The van der Waals surface area contributed by atoms with Crippen molar-refractivity contribution in [1.29, 1.82) is 0 Å². The number of halogens is 1. The van der Waals surface area contributed by atoms with Crippen molar-refractivity contribution in [2.45, 2.75) is 24.2 Å². The van der Waals surface area contributed by atoms with Gasteiger partial charge in [-0.1, -0.05) is 12.1 Å². The number of hydrogen-bond acceptors (Lipinski definition) is 6. The van der Waals surface area contributed by atoms with Gasteiger partial charge in [0.05, 0.1) is 17.9 Å². The number of nitrogens with zero attached hydrogens (tertiary/aromatic N) is 1. The van der Waals surface area contributed by atoms with Gasteiger partial charge in [-0.3, -0.25) is 9.59 Å². The van der Waals surface area contributed by atoms with E-state index in [1.807, 2.05) is 24.3 Å². The highest BCUT2D eigenvalue weighted by molar-refractivity contribution is 7.89. The summed E-state index contributed by atoms with van der Waals surface area (Å²) in [6.45, 7) is 0.318. The standard InChI is InChI=1S/C23H27FN2O6S/c1-31-20-6-2-17(3-7-20)10-13-25-22(27)16-32-23(28)18-11-14-26(15-12-18)33(29,30)21-8-4-19(24)5-9-21/h2-9,18H,10-16H2,1H3,(H,25,27). The fraction of sp³-hybridized carbons (Fsp3) is 0.391. The van der Waals surface area contributed by atoms with E-state index < -0.39 is 33.6 Å². The van der Waals surface area contributed by atoms with E-state index in [2.05, 4.69) is 5.32 Å². The Bertz CT molecular complexity index is 1050. The molecule has 0 bridgehead atoms. The van der Waals surface area contributed by atoms with Crippen LogP contribution >= 0.6 is 0 Å². The lowest BCUT2D eigenvalue weighted by atomic mass is 9.98. The second-order valence-electron chi connectivity index (χ2n) is 7.69. The molecule has 8 nitrogen and oxygen atoms in total. The molecule has 2 aromatic carbocycles. The van der Waals surface area contributed by atoms with Crippen molar-refractivity contribution in [3.05, 3.63) is 59.9 Å². The molecule has 1 amide bonds. The van der Waals surface area contributed by atoms with Gasteiger partial charge in [-0.15, -0.1) is 0 Å². The summed E-state index contributed by atoms with van der Waals surface area (Å²) in [5, 5.41) is 2.71. The van der Waals surface area contributed by atoms with Crippen LogP contribution in [-0.2, 0) is 30.8 Å². The largest absolute Gasteiger partial charge is 0.497 e. The van der Waals surface area contributed by atoms with Gasteiger partial charge in [0.25, 0.3) is 5.91 Å². The molecule has 10 heteroatoms. The number of esters is 1. The van der Waals surface area contributed by atoms with E-state index in [-0.39, 0.29) is 24.6 Å². The topological polar surface area (TPSA) is 102 Å². The van der Waals surface area contributed by atoms with Crippen LogP contribution in [0.3, 0.4) is 0 Å². The third kappa shape index (κ3) is 6.75. The average molecular weight is 479 g/mol. The van der Waals surface area contributed by atoms with Crippen molar-refractivity contribution >= 4 is 21.9 Å². The highest BCUT2D eigenvalue weighted by Crippen LogP contribution is 2.24. The van der Waals surface area contributed by atoms with E-state index in [1.165, 1.54) is 16.4 Å². The first-order chi connectivity index (χ1) is 15.8. The van der Waals surface area contributed by atoms with Crippen LogP contribution in [-0.4, -0.2) is 58.0 Å². The summed E-state index contributed by atoms with van der Waals surface area (Å²) in [6.07, 6.45) is 1.21. The molecule has 178 valence electrons. The Morgan fingerprint density at radius 3 is 2.30 bits per heavy atom. The number of nitrogens with one attached hydrogen (secondary N) is 1. The Morgan fingerprint density at radius 1 is 1.06 bits per heavy atom. The molecule has 1 saturated heterocycles. The summed E-state index contributed by atoms with van der Waals surface area (Å²) >= 11 is 0. The summed E-state index contributed by atoms with van der Waals surface area (Å²) in [5.74, 6) is -1.14. The fourth-order valence-corrected chi connectivity index (χ4v) is 5.00. The normalized spacial score (nSPS) is 15.1. The van der Waals surface area contributed by atoms with Crippen LogP contribution in [0.15, 0.2) is 53.4 Å². The number of benzene rings is 2. The summed E-state index contributed by atoms with van der Waals surface area (Å²) < 4.78 is 49.9. The van der Waals surface area contributed by atoms with Crippen LogP contribution in [0.2, 0.25) is 0 Å². The van der Waals surface area contributed by atoms with Crippen LogP contribution in [0, 0.1) is 11.7 Å². The van der Waals surface area contributed by atoms with Crippen LogP contribution in [0.1, 0.15) is 18.4 Å². The molecule has 33 heavy (non-hydrogen) atoms. The minimum atomic E-state index is -3.75. The van der Waals surface area contributed by atoms with Gasteiger partial charge in [-0.05, 0) is 61.2 Å². The molecule has 1 aliphatic rings. The Morgan fingerprint density at radius 2 is 1.70 bits per heavy atom.